The first-order valence-electron chi connectivity index (χ1n) is 10.8. The molecule has 1 aliphatic heterocycles. The van der Waals surface area contributed by atoms with E-state index in [1.54, 1.807) is 36.1 Å². The molecule has 0 unspecified atom stereocenters. The number of halogens is 1. The molecule has 1 aliphatic rings. The minimum Gasteiger partial charge on any atom is -0.508 e. The van der Waals surface area contributed by atoms with Crippen molar-refractivity contribution in [3.63, 3.8) is 0 Å². The van der Waals surface area contributed by atoms with Crippen LogP contribution in [0.25, 0.3) is 0 Å². The van der Waals surface area contributed by atoms with E-state index in [0.717, 1.165) is 0 Å². The molecule has 0 radical (unpaired) electrons. The summed E-state index contributed by atoms with van der Waals surface area (Å²) >= 11 is 6.36. The van der Waals surface area contributed by atoms with Crippen LogP contribution in [0.1, 0.15) is 51.3 Å². The summed E-state index contributed by atoms with van der Waals surface area (Å²) in [5.74, 6) is -0.435. The smallest absolute Gasteiger partial charge is 0.308 e. The minimum atomic E-state index is -1.08. The second kappa shape index (κ2) is 10.0. The van der Waals surface area contributed by atoms with Gasteiger partial charge in [-0.05, 0) is 42.7 Å². The number of aromatic hydroxyl groups is 1. The van der Waals surface area contributed by atoms with Crippen molar-refractivity contribution in [2.24, 2.45) is 5.41 Å². The normalized spacial score (nSPS) is 18.5. The summed E-state index contributed by atoms with van der Waals surface area (Å²) in [6, 6.07) is 9.93. The molecule has 0 saturated carbocycles. The lowest BCUT2D eigenvalue weighted by atomic mass is 9.94. The predicted octanol–water partition coefficient (Wildman–Crippen LogP) is 4.87. The fourth-order valence-corrected chi connectivity index (χ4v) is 4.05. The van der Waals surface area contributed by atoms with Crippen LogP contribution in [0.15, 0.2) is 36.4 Å². The quantitative estimate of drug-likeness (QED) is 0.599. The molecule has 2 aromatic carbocycles. The van der Waals surface area contributed by atoms with E-state index < -0.39 is 18.2 Å². The summed E-state index contributed by atoms with van der Waals surface area (Å²) in [7, 11) is 1.49. The van der Waals surface area contributed by atoms with Gasteiger partial charge in [0.15, 0.2) is 0 Å². The second-order valence-corrected chi connectivity index (χ2v) is 9.56. The van der Waals surface area contributed by atoms with Crippen LogP contribution in [0.2, 0.25) is 5.02 Å². The molecule has 3 rings (SSSR count). The van der Waals surface area contributed by atoms with Crippen molar-refractivity contribution in [2.45, 2.75) is 46.3 Å². The first kappa shape index (κ1) is 24.9. The number of methoxy groups -OCH3 is 1. The molecular formula is C25H30ClNO6. The van der Waals surface area contributed by atoms with Crippen LogP contribution in [0.5, 0.6) is 11.5 Å². The Morgan fingerprint density at radius 2 is 1.91 bits per heavy atom. The number of rotatable bonds is 6. The Labute approximate surface area is 199 Å². The molecule has 0 spiro atoms. The van der Waals surface area contributed by atoms with Gasteiger partial charge in [0.05, 0.1) is 20.1 Å². The number of hydrogen-bond acceptors (Lipinski definition) is 6. The predicted molar refractivity (Wildman–Crippen MR) is 126 cm³/mol. The Hall–Kier alpha value is -2.77. The average molecular weight is 476 g/mol. The largest absolute Gasteiger partial charge is 0.508 e. The van der Waals surface area contributed by atoms with Crippen molar-refractivity contribution in [1.82, 2.24) is 0 Å². The fraction of sp³-hybridized carbons (Fsp3) is 0.440. The van der Waals surface area contributed by atoms with Crippen LogP contribution >= 0.6 is 11.6 Å². The number of ether oxygens (including phenoxy) is 3. The summed E-state index contributed by atoms with van der Waals surface area (Å²) in [4.78, 5) is 27.7. The van der Waals surface area contributed by atoms with E-state index in [0.29, 0.717) is 34.1 Å². The Kier molecular flexibility index (Phi) is 7.55. The highest BCUT2D eigenvalue weighted by Crippen LogP contribution is 2.44. The number of amides is 1. The molecular weight excluding hydrogens is 446 g/mol. The third-order valence-corrected chi connectivity index (χ3v) is 5.43. The van der Waals surface area contributed by atoms with Gasteiger partial charge in [-0.3, -0.25) is 9.59 Å². The maximum atomic E-state index is 13.7. The maximum Gasteiger partial charge on any atom is 0.308 e. The summed E-state index contributed by atoms with van der Waals surface area (Å²) < 4.78 is 16.9. The summed E-state index contributed by atoms with van der Waals surface area (Å²) in [6.07, 6.45) is -2.09. The molecule has 0 bridgehead atoms. The number of phenolic OH excluding ortho intramolecular Hbond substituents is 1. The Bertz CT molecular complexity index is 1030. The molecule has 7 nitrogen and oxygen atoms in total. The number of benzene rings is 2. The van der Waals surface area contributed by atoms with Gasteiger partial charge in [0, 0.05) is 34.4 Å². The Morgan fingerprint density at radius 1 is 1.18 bits per heavy atom. The topological polar surface area (TPSA) is 85.3 Å². The number of phenols is 1. The van der Waals surface area contributed by atoms with E-state index in [9.17, 15) is 14.7 Å². The molecule has 33 heavy (non-hydrogen) atoms. The zero-order valence-electron chi connectivity index (χ0n) is 19.6. The molecule has 0 fully saturated rings. The molecule has 0 saturated heterocycles. The SMILES string of the molecule is CCOC(=O)C[C@@H]1O[C@@H](c2ccc(O)cc2OC)c2cc(Cl)ccc2N(CC(C)(C)C)C1=O. The van der Waals surface area contributed by atoms with Crippen LogP contribution in [0, 0.1) is 5.41 Å². The highest BCUT2D eigenvalue weighted by atomic mass is 35.5. The summed E-state index contributed by atoms with van der Waals surface area (Å²) in [5.41, 5.74) is 1.68. The van der Waals surface area contributed by atoms with Gasteiger partial charge in [0.25, 0.3) is 5.91 Å². The first-order valence-corrected chi connectivity index (χ1v) is 11.2. The van der Waals surface area contributed by atoms with E-state index in [4.69, 9.17) is 25.8 Å². The highest BCUT2D eigenvalue weighted by molar-refractivity contribution is 6.30. The number of hydrogen-bond donors (Lipinski definition) is 1. The average Bonchev–Trinajstić information content (AvgIpc) is 2.83. The molecule has 2 atom stereocenters. The molecule has 8 heteroatoms. The van der Waals surface area contributed by atoms with Gasteiger partial charge < -0.3 is 24.2 Å². The summed E-state index contributed by atoms with van der Waals surface area (Å²) in [6.45, 7) is 8.41. The number of nitrogens with zero attached hydrogens (tertiary/aromatic N) is 1. The highest BCUT2D eigenvalue weighted by Gasteiger charge is 2.40. The third kappa shape index (κ3) is 5.78. The third-order valence-electron chi connectivity index (χ3n) is 5.19. The number of esters is 1. The van der Waals surface area contributed by atoms with Gasteiger partial charge >= 0.3 is 5.97 Å². The van der Waals surface area contributed by atoms with Crippen molar-refractivity contribution < 1.29 is 28.9 Å². The minimum absolute atomic E-state index is 0.0315. The van der Waals surface area contributed by atoms with Crippen LogP contribution in [-0.2, 0) is 19.1 Å². The molecule has 0 aliphatic carbocycles. The van der Waals surface area contributed by atoms with Crippen LogP contribution in [-0.4, -0.2) is 43.3 Å². The van der Waals surface area contributed by atoms with Crippen molar-refractivity contribution in [3.8, 4) is 11.5 Å². The van der Waals surface area contributed by atoms with Crippen molar-refractivity contribution in [3.05, 3.63) is 52.5 Å². The standard InChI is InChI=1S/C25H30ClNO6/c1-6-32-22(29)13-21-24(30)27(14-25(2,3)4)19-10-7-15(26)11-18(19)23(33-21)17-9-8-16(28)12-20(17)31-5/h7-12,21,23,28H,6,13-14H2,1-5H3/t21-,23-/m0/s1. The number of carbonyl (C=O) groups is 2. The van der Waals surface area contributed by atoms with Crippen molar-refractivity contribution >= 4 is 29.2 Å². The van der Waals surface area contributed by atoms with Gasteiger partial charge in [-0.2, -0.15) is 0 Å². The molecule has 1 heterocycles. The lowest BCUT2D eigenvalue weighted by Crippen LogP contribution is -2.44. The van der Waals surface area contributed by atoms with Crippen LogP contribution < -0.4 is 9.64 Å². The number of anilines is 1. The molecule has 2 aromatic rings. The number of fused-ring (bicyclic) bond motifs is 1. The van der Waals surface area contributed by atoms with E-state index >= 15 is 0 Å². The van der Waals surface area contributed by atoms with E-state index in [1.165, 1.54) is 19.2 Å². The Balaban J connectivity index is 2.20. The second-order valence-electron chi connectivity index (χ2n) is 9.13. The van der Waals surface area contributed by atoms with Gasteiger partial charge in [-0.15, -0.1) is 0 Å². The van der Waals surface area contributed by atoms with Crippen LogP contribution in [0.4, 0.5) is 5.69 Å². The zero-order valence-corrected chi connectivity index (χ0v) is 20.3. The molecule has 1 N–H and O–H groups in total. The van der Waals surface area contributed by atoms with E-state index in [2.05, 4.69) is 0 Å². The maximum absolute atomic E-state index is 13.7. The van der Waals surface area contributed by atoms with Crippen molar-refractivity contribution in [2.75, 3.05) is 25.2 Å². The molecule has 0 aromatic heterocycles. The lowest BCUT2D eigenvalue weighted by molar-refractivity contribution is -0.151. The zero-order chi connectivity index (χ0) is 24.3. The lowest BCUT2D eigenvalue weighted by Gasteiger charge is -2.31. The first-order chi connectivity index (χ1) is 15.5. The van der Waals surface area contributed by atoms with Crippen LogP contribution in [0.3, 0.4) is 0 Å². The van der Waals surface area contributed by atoms with E-state index in [-0.39, 0.29) is 30.1 Å². The Morgan fingerprint density at radius 3 is 2.55 bits per heavy atom. The van der Waals surface area contributed by atoms with Gasteiger partial charge in [-0.25, -0.2) is 0 Å². The van der Waals surface area contributed by atoms with Gasteiger partial charge in [0.2, 0.25) is 0 Å². The molecule has 178 valence electrons. The van der Waals surface area contributed by atoms with Gasteiger partial charge in [0.1, 0.15) is 23.7 Å². The number of carbonyl (C=O) groups excluding carboxylic acids is 2. The molecule has 1 amide bonds. The van der Waals surface area contributed by atoms with Crippen molar-refractivity contribution in [1.29, 1.82) is 0 Å². The monoisotopic (exact) mass is 475 g/mol. The van der Waals surface area contributed by atoms with Gasteiger partial charge in [-0.1, -0.05) is 32.4 Å². The fourth-order valence-electron chi connectivity index (χ4n) is 3.87. The van der Waals surface area contributed by atoms with E-state index in [1.807, 2.05) is 20.8 Å². The summed E-state index contributed by atoms with van der Waals surface area (Å²) in [5, 5.41) is 10.4.